The number of hydrogen-bond acceptors (Lipinski definition) is 5. The maximum atomic E-state index is 11.7. The van der Waals surface area contributed by atoms with Crippen molar-refractivity contribution in [3.63, 3.8) is 0 Å². The van der Waals surface area contributed by atoms with E-state index in [1.54, 1.807) is 24.3 Å². The minimum Gasteiger partial charge on any atom is -0.481 e. The van der Waals surface area contributed by atoms with Crippen molar-refractivity contribution >= 4 is 29.7 Å². The molecule has 0 spiro atoms. The molecule has 0 fully saturated rings. The number of nitrogens with one attached hydrogen (secondary N) is 2. The van der Waals surface area contributed by atoms with Crippen LogP contribution in [0.4, 0.5) is 5.69 Å². The Kier molecular flexibility index (Phi) is 7.25. The number of nitrogens with zero attached hydrogens (tertiary/aromatic N) is 1. The topological polar surface area (TPSA) is 134 Å². The maximum absolute atomic E-state index is 11.7. The summed E-state index contributed by atoms with van der Waals surface area (Å²) in [4.78, 5) is 33.9. The highest BCUT2D eigenvalue weighted by molar-refractivity contribution is 5.93. The molecule has 0 aliphatic heterocycles. The van der Waals surface area contributed by atoms with E-state index in [0.29, 0.717) is 5.69 Å². The normalized spacial score (nSPS) is 11.9. The van der Waals surface area contributed by atoms with Gasteiger partial charge in [0.2, 0.25) is 11.8 Å². The summed E-state index contributed by atoms with van der Waals surface area (Å²) in [6, 6.07) is 6.88. The van der Waals surface area contributed by atoms with Crippen LogP contribution in [0.25, 0.3) is 0 Å². The molecule has 5 N–H and O–H groups in total. The summed E-state index contributed by atoms with van der Waals surface area (Å²) in [5.41, 5.74) is 1.40. The van der Waals surface area contributed by atoms with Gasteiger partial charge < -0.3 is 21.6 Å². The largest absolute Gasteiger partial charge is 0.481 e. The minimum atomic E-state index is -0.980. The third-order valence-electron chi connectivity index (χ3n) is 3.02. The van der Waals surface area contributed by atoms with E-state index in [9.17, 15) is 14.4 Å². The molecule has 1 unspecified atom stereocenters. The molecule has 0 aliphatic rings. The molecule has 1 aromatic carbocycles. The van der Waals surface area contributed by atoms with Crippen molar-refractivity contribution in [3.8, 4) is 0 Å². The lowest BCUT2D eigenvalue weighted by atomic mass is 10.2. The second-order valence-electron chi connectivity index (χ2n) is 4.99. The van der Waals surface area contributed by atoms with E-state index in [1.807, 2.05) is 0 Å². The van der Waals surface area contributed by atoms with Gasteiger partial charge in [-0.05, 0) is 17.7 Å². The van der Waals surface area contributed by atoms with E-state index in [1.165, 1.54) is 13.1 Å². The summed E-state index contributed by atoms with van der Waals surface area (Å²) in [6.45, 7) is 1.54. The Morgan fingerprint density at radius 1 is 1.22 bits per heavy atom. The Morgan fingerprint density at radius 3 is 2.39 bits per heavy atom. The fourth-order valence-electron chi connectivity index (χ4n) is 1.63. The van der Waals surface area contributed by atoms with E-state index in [2.05, 4.69) is 15.7 Å². The van der Waals surface area contributed by atoms with Crippen LogP contribution in [0.15, 0.2) is 29.4 Å². The van der Waals surface area contributed by atoms with Crippen molar-refractivity contribution in [2.45, 2.75) is 19.8 Å². The number of aliphatic carboxylic acids is 1. The van der Waals surface area contributed by atoms with Crippen molar-refractivity contribution in [1.29, 1.82) is 0 Å². The maximum Gasteiger partial charge on any atom is 0.308 e. The van der Waals surface area contributed by atoms with Crippen molar-refractivity contribution in [1.82, 2.24) is 5.32 Å². The van der Waals surface area contributed by atoms with Crippen LogP contribution in [0, 0.1) is 5.92 Å². The number of hydrogen-bond donors (Lipinski definition) is 4. The molecule has 1 aromatic rings. The lowest BCUT2D eigenvalue weighted by Crippen LogP contribution is -2.31. The van der Waals surface area contributed by atoms with Crippen molar-refractivity contribution < 1.29 is 19.5 Å². The van der Waals surface area contributed by atoms with Gasteiger partial charge in [0.1, 0.15) is 0 Å². The quantitative estimate of drug-likeness (QED) is 0.315. The van der Waals surface area contributed by atoms with Gasteiger partial charge in [-0.15, -0.1) is 0 Å². The molecule has 1 rings (SSSR count). The van der Waals surface area contributed by atoms with Gasteiger partial charge in [-0.3, -0.25) is 14.4 Å². The molecular formula is C15H20N4O4. The molecular weight excluding hydrogens is 300 g/mol. The third kappa shape index (κ3) is 7.07. The van der Waals surface area contributed by atoms with Gasteiger partial charge in [0.25, 0.3) is 0 Å². The fraction of sp³-hybridized carbons (Fsp3) is 0.333. The molecule has 0 radical (unpaired) electrons. The first-order valence-corrected chi connectivity index (χ1v) is 7.05. The average Bonchev–Trinajstić information content (AvgIpc) is 2.52. The number of carbonyl (C=O) groups excluding carboxylic acids is 2. The first-order valence-electron chi connectivity index (χ1n) is 7.05. The zero-order valence-electron chi connectivity index (χ0n) is 12.8. The number of nitrogens with two attached hydrogens (primary N) is 1. The van der Waals surface area contributed by atoms with E-state index in [4.69, 9.17) is 10.9 Å². The summed E-state index contributed by atoms with van der Waals surface area (Å²) in [5.74, 6) is 2.73. The van der Waals surface area contributed by atoms with Crippen LogP contribution in [0.5, 0.6) is 0 Å². The molecule has 0 aromatic heterocycles. The van der Waals surface area contributed by atoms with Crippen LogP contribution < -0.4 is 16.5 Å². The highest BCUT2D eigenvalue weighted by Crippen LogP contribution is 2.09. The summed E-state index contributed by atoms with van der Waals surface area (Å²) >= 11 is 0. The second kappa shape index (κ2) is 9.19. The van der Waals surface area contributed by atoms with E-state index < -0.39 is 11.9 Å². The lowest BCUT2D eigenvalue weighted by molar-refractivity contribution is -0.141. The highest BCUT2D eigenvalue weighted by Gasteiger charge is 2.13. The van der Waals surface area contributed by atoms with E-state index in [-0.39, 0.29) is 31.2 Å². The van der Waals surface area contributed by atoms with Gasteiger partial charge in [-0.25, -0.2) is 0 Å². The van der Waals surface area contributed by atoms with Crippen LogP contribution in [-0.4, -0.2) is 35.6 Å². The molecule has 0 saturated carbocycles. The molecule has 0 heterocycles. The highest BCUT2D eigenvalue weighted by atomic mass is 16.4. The summed E-state index contributed by atoms with van der Waals surface area (Å²) in [5, 5.41) is 17.2. The Balaban J connectivity index is 2.33. The van der Waals surface area contributed by atoms with Crippen LogP contribution >= 0.6 is 0 Å². The van der Waals surface area contributed by atoms with Gasteiger partial charge in [0.15, 0.2) is 0 Å². The van der Waals surface area contributed by atoms with Gasteiger partial charge in [0.05, 0.1) is 12.1 Å². The van der Waals surface area contributed by atoms with Crippen LogP contribution in [0.3, 0.4) is 0 Å². The first kappa shape index (κ1) is 18.1. The molecule has 23 heavy (non-hydrogen) atoms. The molecule has 2 amide bonds. The first-order chi connectivity index (χ1) is 10.9. The molecule has 0 bridgehead atoms. The number of amides is 2. The number of benzene rings is 1. The number of anilines is 1. The number of hydrazone groups is 1. The molecule has 124 valence electrons. The molecule has 8 heteroatoms. The van der Waals surface area contributed by atoms with E-state index in [0.717, 1.165) is 5.56 Å². The fourth-order valence-corrected chi connectivity index (χ4v) is 1.63. The van der Waals surface area contributed by atoms with Crippen LogP contribution in [0.2, 0.25) is 0 Å². The second-order valence-corrected chi connectivity index (χ2v) is 4.99. The standard InChI is InChI=1S/C15H20N4O4/c1-10(15(22)23)8-17-13(20)6-7-14(21)19-12-4-2-11(3-5-12)9-18-16/h2-5,9-10H,6-8,16H2,1H3,(H,17,20)(H,19,21)(H,22,23). The molecule has 1 atom stereocenters. The van der Waals surface area contributed by atoms with Crippen LogP contribution in [0.1, 0.15) is 25.3 Å². The van der Waals surface area contributed by atoms with Gasteiger partial charge in [-0.2, -0.15) is 5.10 Å². The summed E-state index contributed by atoms with van der Waals surface area (Å²) < 4.78 is 0. The Hall–Kier alpha value is -2.90. The van der Waals surface area contributed by atoms with Crippen molar-refractivity contribution in [2.24, 2.45) is 16.9 Å². The van der Waals surface area contributed by atoms with Gasteiger partial charge in [0, 0.05) is 25.1 Å². The monoisotopic (exact) mass is 320 g/mol. The van der Waals surface area contributed by atoms with E-state index >= 15 is 0 Å². The summed E-state index contributed by atoms with van der Waals surface area (Å²) in [7, 11) is 0. The van der Waals surface area contributed by atoms with Gasteiger partial charge in [-0.1, -0.05) is 19.1 Å². The lowest BCUT2D eigenvalue weighted by Gasteiger charge is -2.08. The molecule has 0 saturated heterocycles. The number of carboxylic acid groups (broad SMARTS) is 1. The number of carbonyl (C=O) groups is 3. The summed E-state index contributed by atoms with van der Waals surface area (Å²) in [6.07, 6.45) is 1.49. The zero-order chi connectivity index (χ0) is 17.2. The smallest absolute Gasteiger partial charge is 0.308 e. The molecule has 0 aliphatic carbocycles. The average molecular weight is 320 g/mol. The van der Waals surface area contributed by atoms with Gasteiger partial charge >= 0.3 is 5.97 Å². The zero-order valence-corrected chi connectivity index (χ0v) is 12.8. The van der Waals surface area contributed by atoms with Crippen LogP contribution in [-0.2, 0) is 14.4 Å². The minimum absolute atomic E-state index is 0.00388. The predicted octanol–water partition coefficient (Wildman–Crippen LogP) is 0.535. The van der Waals surface area contributed by atoms with Crippen molar-refractivity contribution in [2.75, 3.05) is 11.9 Å². The Bertz CT molecular complexity index is 584. The Morgan fingerprint density at radius 2 is 1.83 bits per heavy atom. The SMILES string of the molecule is CC(CNC(=O)CCC(=O)Nc1ccc(C=NN)cc1)C(=O)O. The third-order valence-corrected chi connectivity index (χ3v) is 3.02. The van der Waals surface area contributed by atoms with Crippen molar-refractivity contribution in [3.05, 3.63) is 29.8 Å². The molecule has 8 nitrogen and oxygen atoms in total. The predicted molar refractivity (Wildman–Crippen MR) is 85.9 cm³/mol. The Labute approximate surface area is 133 Å². The number of carboxylic acids is 1. The number of rotatable bonds is 8.